The normalized spacial score (nSPS) is 14.7. The number of methoxy groups -OCH3 is 1. The molecule has 3 aromatic rings. The minimum absolute atomic E-state index is 0.0448. The summed E-state index contributed by atoms with van der Waals surface area (Å²) in [5.41, 5.74) is -0.307. The van der Waals surface area contributed by atoms with Crippen LogP contribution >= 0.6 is 0 Å². The highest BCUT2D eigenvalue weighted by Gasteiger charge is 2.30. The van der Waals surface area contributed by atoms with Crippen molar-refractivity contribution in [1.82, 2.24) is 9.21 Å². The predicted molar refractivity (Wildman–Crippen MR) is 124 cm³/mol. The molecule has 3 aromatic carbocycles. The van der Waals surface area contributed by atoms with E-state index in [-0.39, 0.29) is 48.4 Å². The van der Waals surface area contributed by atoms with Gasteiger partial charge in [0, 0.05) is 26.2 Å². The lowest BCUT2D eigenvalue weighted by Crippen LogP contribution is -2.51. The molecule has 0 N–H and O–H groups in total. The van der Waals surface area contributed by atoms with Gasteiger partial charge in [-0.3, -0.25) is 14.9 Å². The molecule has 0 spiro atoms. The van der Waals surface area contributed by atoms with E-state index in [9.17, 15) is 23.3 Å². The standard InChI is InChI=1S/C23H23N3O7S/c1-32-19-7-9-22(21(15-19)26(28)29)33-16-23(27)24-10-12-25(13-11-24)34(30,31)20-8-6-17-4-2-3-5-18(17)14-20/h2-9,14-15H,10-13,16H2,1H3. The van der Waals surface area contributed by atoms with Crippen LogP contribution in [0.4, 0.5) is 5.69 Å². The highest BCUT2D eigenvalue weighted by Crippen LogP contribution is 2.31. The van der Waals surface area contributed by atoms with Crippen molar-refractivity contribution >= 4 is 32.4 Å². The van der Waals surface area contributed by atoms with Crippen molar-refractivity contribution in [2.45, 2.75) is 4.90 Å². The summed E-state index contributed by atoms with van der Waals surface area (Å²) in [4.78, 5) is 24.9. The minimum atomic E-state index is -3.70. The first-order chi connectivity index (χ1) is 16.3. The van der Waals surface area contributed by atoms with Crippen molar-refractivity contribution in [2.75, 3.05) is 39.9 Å². The zero-order valence-corrected chi connectivity index (χ0v) is 19.2. The van der Waals surface area contributed by atoms with Crippen LogP contribution in [0.5, 0.6) is 11.5 Å². The lowest BCUT2D eigenvalue weighted by Gasteiger charge is -2.34. The van der Waals surface area contributed by atoms with Gasteiger partial charge in [-0.05, 0) is 35.0 Å². The van der Waals surface area contributed by atoms with Crippen LogP contribution in [-0.4, -0.2) is 68.3 Å². The molecule has 1 amide bonds. The molecular weight excluding hydrogens is 462 g/mol. The monoisotopic (exact) mass is 485 g/mol. The van der Waals surface area contributed by atoms with Crippen LogP contribution in [0.3, 0.4) is 0 Å². The number of carbonyl (C=O) groups excluding carboxylic acids is 1. The predicted octanol–water partition coefficient (Wildman–Crippen LogP) is 2.67. The van der Waals surface area contributed by atoms with Gasteiger partial charge in [0.05, 0.1) is 23.0 Å². The van der Waals surface area contributed by atoms with Crippen LogP contribution in [0, 0.1) is 10.1 Å². The molecule has 34 heavy (non-hydrogen) atoms. The van der Waals surface area contributed by atoms with E-state index in [4.69, 9.17) is 9.47 Å². The topological polar surface area (TPSA) is 119 Å². The van der Waals surface area contributed by atoms with Crippen molar-refractivity contribution in [2.24, 2.45) is 0 Å². The Bertz CT molecular complexity index is 1340. The fourth-order valence-electron chi connectivity index (χ4n) is 3.77. The van der Waals surface area contributed by atoms with Crippen LogP contribution in [0.25, 0.3) is 10.8 Å². The van der Waals surface area contributed by atoms with Gasteiger partial charge in [0.25, 0.3) is 5.91 Å². The van der Waals surface area contributed by atoms with E-state index in [1.54, 1.807) is 18.2 Å². The van der Waals surface area contributed by atoms with Crippen molar-refractivity contribution in [3.8, 4) is 11.5 Å². The van der Waals surface area contributed by atoms with Crippen LogP contribution < -0.4 is 9.47 Å². The zero-order chi connectivity index (χ0) is 24.3. The Hall–Kier alpha value is -3.70. The number of ether oxygens (including phenoxy) is 2. The first-order valence-electron chi connectivity index (χ1n) is 10.5. The lowest BCUT2D eigenvalue weighted by molar-refractivity contribution is -0.385. The molecule has 1 saturated heterocycles. The molecule has 0 aromatic heterocycles. The number of amides is 1. The van der Waals surface area contributed by atoms with Crippen molar-refractivity contribution in [3.05, 3.63) is 70.8 Å². The van der Waals surface area contributed by atoms with Gasteiger partial charge >= 0.3 is 5.69 Å². The number of hydrogen-bond donors (Lipinski definition) is 0. The number of nitrogens with zero attached hydrogens (tertiary/aromatic N) is 3. The van der Waals surface area contributed by atoms with Crippen LogP contribution in [0.15, 0.2) is 65.6 Å². The second kappa shape index (κ2) is 9.65. The van der Waals surface area contributed by atoms with Crippen LogP contribution in [0.1, 0.15) is 0 Å². The van der Waals surface area contributed by atoms with Gasteiger partial charge in [-0.15, -0.1) is 0 Å². The van der Waals surface area contributed by atoms with Gasteiger partial charge in [-0.25, -0.2) is 8.42 Å². The fraction of sp³-hybridized carbons (Fsp3) is 0.261. The molecule has 1 aliphatic heterocycles. The second-order valence-corrected chi connectivity index (χ2v) is 9.61. The molecule has 0 bridgehead atoms. The molecular formula is C23H23N3O7S. The number of hydrogen-bond acceptors (Lipinski definition) is 7. The largest absolute Gasteiger partial charge is 0.496 e. The van der Waals surface area contributed by atoms with Gasteiger partial charge in [0.1, 0.15) is 5.75 Å². The van der Waals surface area contributed by atoms with Crippen molar-refractivity contribution < 1.29 is 27.6 Å². The number of nitro groups is 1. The molecule has 0 atom stereocenters. The fourth-order valence-corrected chi connectivity index (χ4v) is 5.23. The molecule has 4 rings (SSSR count). The van der Waals surface area contributed by atoms with Gasteiger partial charge in [-0.2, -0.15) is 4.31 Å². The van der Waals surface area contributed by atoms with E-state index in [2.05, 4.69) is 0 Å². The Morgan fingerprint density at radius 3 is 2.38 bits per heavy atom. The molecule has 0 aliphatic carbocycles. The van der Waals surface area contributed by atoms with Gasteiger partial charge in [0.2, 0.25) is 10.0 Å². The summed E-state index contributed by atoms with van der Waals surface area (Å²) in [6.07, 6.45) is 0. The second-order valence-electron chi connectivity index (χ2n) is 7.67. The maximum Gasteiger partial charge on any atom is 0.314 e. The molecule has 0 saturated carbocycles. The maximum atomic E-state index is 13.1. The lowest BCUT2D eigenvalue weighted by atomic mass is 10.1. The third kappa shape index (κ3) is 4.80. The van der Waals surface area contributed by atoms with E-state index in [1.165, 1.54) is 34.5 Å². The zero-order valence-electron chi connectivity index (χ0n) is 18.4. The Balaban J connectivity index is 1.37. The summed E-state index contributed by atoms with van der Waals surface area (Å²) in [5, 5.41) is 13.1. The van der Waals surface area contributed by atoms with E-state index in [0.29, 0.717) is 5.75 Å². The van der Waals surface area contributed by atoms with Crippen molar-refractivity contribution in [3.63, 3.8) is 0 Å². The van der Waals surface area contributed by atoms with Gasteiger partial charge in [0.15, 0.2) is 12.4 Å². The number of rotatable bonds is 7. The van der Waals surface area contributed by atoms with Crippen LogP contribution in [0.2, 0.25) is 0 Å². The van der Waals surface area contributed by atoms with E-state index >= 15 is 0 Å². The average molecular weight is 486 g/mol. The summed E-state index contributed by atoms with van der Waals surface area (Å²) in [6, 6.07) is 16.6. The summed E-state index contributed by atoms with van der Waals surface area (Å²) in [7, 11) is -2.31. The average Bonchev–Trinajstić information content (AvgIpc) is 2.86. The first-order valence-corrected chi connectivity index (χ1v) is 12.0. The van der Waals surface area contributed by atoms with Crippen LogP contribution in [-0.2, 0) is 14.8 Å². The van der Waals surface area contributed by atoms with Gasteiger partial charge in [-0.1, -0.05) is 30.3 Å². The Morgan fingerprint density at radius 1 is 1.00 bits per heavy atom. The van der Waals surface area contributed by atoms with Crippen molar-refractivity contribution in [1.29, 1.82) is 0 Å². The summed E-state index contributed by atoms with van der Waals surface area (Å²) in [5.74, 6) is -0.126. The molecule has 1 fully saturated rings. The Labute approximate surface area is 196 Å². The molecule has 178 valence electrons. The summed E-state index contributed by atoms with van der Waals surface area (Å²) < 4.78 is 37.9. The molecule has 10 nitrogen and oxygen atoms in total. The SMILES string of the molecule is COc1ccc(OCC(=O)N2CCN(S(=O)(=O)c3ccc4ccccc4c3)CC2)c([N+](=O)[O-])c1. The smallest absolute Gasteiger partial charge is 0.314 e. The van der Waals surface area contributed by atoms with Gasteiger partial charge < -0.3 is 14.4 Å². The molecule has 11 heteroatoms. The third-order valence-electron chi connectivity index (χ3n) is 5.66. The highest BCUT2D eigenvalue weighted by atomic mass is 32.2. The number of piperazine rings is 1. The minimum Gasteiger partial charge on any atom is -0.496 e. The maximum absolute atomic E-state index is 13.1. The van der Waals surface area contributed by atoms with E-state index in [1.807, 2.05) is 24.3 Å². The molecule has 1 heterocycles. The third-order valence-corrected chi connectivity index (χ3v) is 7.56. The number of benzene rings is 3. The number of nitro benzene ring substituents is 1. The summed E-state index contributed by atoms with van der Waals surface area (Å²) >= 11 is 0. The first kappa shape index (κ1) is 23.5. The Morgan fingerprint density at radius 2 is 1.71 bits per heavy atom. The molecule has 1 aliphatic rings. The number of sulfonamides is 1. The summed E-state index contributed by atoms with van der Waals surface area (Å²) in [6.45, 7) is 0.275. The molecule has 0 radical (unpaired) electrons. The quantitative estimate of drug-likeness (QED) is 0.373. The Kier molecular flexibility index (Phi) is 6.66. The number of fused-ring (bicyclic) bond motifs is 1. The van der Waals surface area contributed by atoms with E-state index in [0.717, 1.165) is 10.8 Å². The molecule has 0 unspecified atom stereocenters. The van der Waals surface area contributed by atoms with E-state index < -0.39 is 21.6 Å². The number of carbonyl (C=O) groups is 1. The highest BCUT2D eigenvalue weighted by molar-refractivity contribution is 7.89.